The van der Waals surface area contributed by atoms with Crippen LogP contribution >= 0.6 is 0 Å². The first kappa shape index (κ1) is 45.9. The van der Waals surface area contributed by atoms with Crippen molar-refractivity contribution in [3.8, 4) is 5.75 Å². The fraction of sp³-hybridized carbons (Fsp3) is 0.750. The average molecular weight is 749 g/mol. The van der Waals surface area contributed by atoms with Gasteiger partial charge in [0.05, 0.1) is 26.2 Å². The van der Waals surface area contributed by atoms with Crippen LogP contribution in [0.3, 0.4) is 0 Å². The van der Waals surface area contributed by atoms with E-state index in [0.29, 0.717) is 71.8 Å². The molecule has 1 heterocycles. The Hall–Kier alpha value is -3.26. The molecule has 0 amide bonds. The third-order valence-electron chi connectivity index (χ3n) is 8.34. The maximum absolute atomic E-state index is 13.0. The van der Waals surface area contributed by atoms with E-state index in [0.717, 1.165) is 18.6 Å². The molecule has 0 unspecified atom stereocenters. The van der Waals surface area contributed by atoms with Crippen molar-refractivity contribution in [2.45, 2.75) is 118 Å². The van der Waals surface area contributed by atoms with Crippen LogP contribution in [0.15, 0.2) is 24.3 Å². The summed E-state index contributed by atoms with van der Waals surface area (Å²) in [6, 6.07) is 7.25. The number of ether oxygens (including phenoxy) is 4. The monoisotopic (exact) mass is 748 g/mol. The van der Waals surface area contributed by atoms with Crippen LogP contribution in [0.4, 0.5) is 0 Å². The van der Waals surface area contributed by atoms with Gasteiger partial charge in [0.1, 0.15) is 28.6 Å². The Bertz CT molecular complexity index is 1240. The highest BCUT2D eigenvalue weighted by atomic mass is 16.6. The highest BCUT2D eigenvalue weighted by Crippen LogP contribution is 2.17. The molecule has 1 fully saturated rings. The summed E-state index contributed by atoms with van der Waals surface area (Å²) >= 11 is 0. The first-order valence-corrected chi connectivity index (χ1v) is 19.1. The largest absolute Gasteiger partial charge is 0.494 e. The maximum atomic E-state index is 13.0. The lowest BCUT2D eigenvalue weighted by atomic mass is 10.0. The molecule has 2 rings (SSSR count). The van der Waals surface area contributed by atoms with Crippen LogP contribution < -0.4 is 4.74 Å². The molecule has 1 saturated heterocycles. The normalized spacial score (nSPS) is 17.2. The van der Waals surface area contributed by atoms with E-state index in [2.05, 4.69) is 0 Å². The Balaban J connectivity index is 2.31. The summed E-state index contributed by atoms with van der Waals surface area (Å²) in [4.78, 5) is 59.7. The molecule has 302 valence electrons. The molecule has 13 heteroatoms. The van der Waals surface area contributed by atoms with Crippen molar-refractivity contribution in [3.05, 3.63) is 29.8 Å². The van der Waals surface area contributed by atoms with Gasteiger partial charge in [-0.05, 0) is 106 Å². The van der Waals surface area contributed by atoms with Crippen molar-refractivity contribution in [1.82, 2.24) is 19.6 Å². The average Bonchev–Trinajstić information content (AvgIpc) is 2.99. The van der Waals surface area contributed by atoms with Gasteiger partial charge in [0.15, 0.2) is 0 Å². The summed E-state index contributed by atoms with van der Waals surface area (Å²) in [6.45, 7) is 22.4. The summed E-state index contributed by atoms with van der Waals surface area (Å²) in [6.07, 6.45) is 2.82. The minimum absolute atomic E-state index is 0.0238. The number of nitrogens with zero attached hydrogens (tertiary/aromatic N) is 4. The minimum atomic E-state index is -0.904. The lowest BCUT2D eigenvalue weighted by Gasteiger charge is -2.36. The number of carboxylic acids is 1. The minimum Gasteiger partial charge on any atom is -0.494 e. The van der Waals surface area contributed by atoms with E-state index in [1.807, 2.05) is 113 Å². The fourth-order valence-corrected chi connectivity index (χ4v) is 6.06. The van der Waals surface area contributed by atoms with Gasteiger partial charge in [-0.25, -0.2) is 0 Å². The summed E-state index contributed by atoms with van der Waals surface area (Å²) in [7, 11) is 0. The zero-order valence-corrected chi connectivity index (χ0v) is 34.2. The van der Waals surface area contributed by atoms with Crippen molar-refractivity contribution in [2.75, 3.05) is 78.6 Å². The SMILES string of the molecule is CCOc1ccc(CCCC[C@@H](C(=O)O)N2CCN(CC(=O)OC(C)(C)C)CCN(CC(=O)OC(C)(C)C)CCN(CC(=O)OC(C)(C)C)CC2)cc1. The van der Waals surface area contributed by atoms with Crippen LogP contribution in [0.1, 0.15) is 94.1 Å². The number of aliphatic carboxylic acids is 1. The number of carbonyl (C=O) groups is 4. The molecule has 1 aliphatic heterocycles. The highest BCUT2D eigenvalue weighted by molar-refractivity contribution is 5.74. The zero-order valence-electron chi connectivity index (χ0n) is 34.2. The van der Waals surface area contributed by atoms with Gasteiger partial charge in [-0.1, -0.05) is 18.6 Å². The Kier molecular flexibility index (Phi) is 18.7. The summed E-state index contributed by atoms with van der Waals surface area (Å²) in [5.74, 6) is -1.18. The van der Waals surface area contributed by atoms with Gasteiger partial charge in [-0.3, -0.25) is 38.8 Å². The van der Waals surface area contributed by atoms with Crippen LogP contribution in [0, 0.1) is 0 Å². The molecule has 1 aromatic rings. The van der Waals surface area contributed by atoms with Crippen molar-refractivity contribution in [2.24, 2.45) is 0 Å². The Morgan fingerprint density at radius 3 is 1.34 bits per heavy atom. The molecular weight excluding hydrogens is 680 g/mol. The first-order chi connectivity index (χ1) is 24.6. The van der Waals surface area contributed by atoms with Crippen LogP contribution in [0.25, 0.3) is 0 Å². The van der Waals surface area contributed by atoms with Gasteiger partial charge in [-0.15, -0.1) is 0 Å². The molecule has 0 aromatic heterocycles. The number of aryl methyl sites for hydroxylation is 1. The number of rotatable bonds is 15. The molecule has 1 N–H and O–H groups in total. The third kappa shape index (κ3) is 20.7. The number of benzene rings is 1. The summed E-state index contributed by atoms with van der Waals surface area (Å²) < 4.78 is 22.5. The van der Waals surface area contributed by atoms with Gasteiger partial charge in [-0.2, -0.15) is 0 Å². The van der Waals surface area contributed by atoms with Gasteiger partial charge >= 0.3 is 23.9 Å². The van der Waals surface area contributed by atoms with Crippen molar-refractivity contribution in [3.63, 3.8) is 0 Å². The van der Waals surface area contributed by atoms with Crippen LogP contribution in [-0.4, -0.2) is 150 Å². The smallest absolute Gasteiger partial charge is 0.320 e. The second-order valence-corrected chi connectivity index (χ2v) is 16.8. The number of hydrogen-bond donors (Lipinski definition) is 1. The first-order valence-electron chi connectivity index (χ1n) is 19.1. The van der Waals surface area contributed by atoms with Crippen molar-refractivity contribution < 1.29 is 43.2 Å². The molecule has 0 spiro atoms. The number of esters is 3. The molecule has 0 saturated carbocycles. The standard InChI is InChI=1S/C40H68N4O9/c1-11-50-32-18-16-31(17-19-32)14-12-13-15-33(37(48)49)44-26-24-42(29-35(46)52-39(5,6)7)22-20-41(28-34(45)51-38(2,3)4)21-23-43(25-27-44)30-36(47)53-40(8,9)10/h16-19,33H,11-15,20-30H2,1-10H3,(H,48,49)/t33-/m0/s1. The van der Waals surface area contributed by atoms with Crippen LogP contribution in [0.5, 0.6) is 5.75 Å². The molecule has 0 bridgehead atoms. The highest BCUT2D eigenvalue weighted by Gasteiger charge is 2.29. The summed E-state index contributed by atoms with van der Waals surface area (Å²) in [5.41, 5.74) is -0.789. The predicted octanol–water partition coefficient (Wildman–Crippen LogP) is 4.50. The van der Waals surface area contributed by atoms with Gasteiger partial charge in [0.25, 0.3) is 0 Å². The van der Waals surface area contributed by atoms with Crippen LogP contribution in [-0.2, 0) is 39.8 Å². The van der Waals surface area contributed by atoms with E-state index in [1.165, 1.54) is 5.56 Å². The molecular formula is C40H68N4O9. The molecule has 0 radical (unpaired) electrons. The maximum Gasteiger partial charge on any atom is 0.320 e. The fourth-order valence-electron chi connectivity index (χ4n) is 6.06. The Morgan fingerprint density at radius 2 is 1.00 bits per heavy atom. The summed E-state index contributed by atoms with van der Waals surface area (Å²) in [5, 5.41) is 10.5. The second kappa shape index (κ2) is 21.6. The zero-order chi connectivity index (χ0) is 39.8. The molecule has 1 aromatic carbocycles. The van der Waals surface area contributed by atoms with E-state index in [-0.39, 0.29) is 37.5 Å². The topological polar surface area (TPSA) is 138 Å². The molecule has 1 aliphatic rings. The molecule has 13 nitrogen and oxygen atoms in total. The lowest BCUT2D eigenvalue weighted by molar-refractivity contribution is -0.158. The third-order valence-corrected chi connectivity index (χ3v) is 8.34. The van der Waals surface area contributed by atoms with Gasteiger partial charge in [0.2, 0.25) is 0 Å². The Morgan fingerprint density at radius 1 is 0.623 bits per heavy atom. The predicted molar refractivity (Wildman–Crippen MR) is 205 cm³/mol. The lowest BCUT2D eigenvalue weighted by Crippen LogP contribution is -2.52. The van der Waals surface area contributed by atoms with Crippen LogP contribution in [0.2, 0.25) is 0 Å². The number of carbonyl (C=O) groups excluding carboxylic acids is 3. The number of hydrogen-bond acceptors (Lipinski definition) is 12. The molecule has 0 aliphatic carbocycles. The van der Waals surface area contributed by atoms with E-state index in [1.54, 1.807) is 0 Å². The van der Waals surface area contributed by atoms with E-state index in [4.69, 9.17) is 18.9 Å². The van der Waals surface area contributed by atoms with E-state index >= 15 is 0 Å². The van der Waals surface area contributed by atoms with Crippen molar-refractivity contribution in [1.29, 1.82) is 0 Å². The Labute approximate surface area is 318 Å². The molecule has 53 heavy (non-hydrogen) atoms. The van der Waals surface area contributed by atoms with Gasteiger partial charge < -0.3 is 24.1 Å². The van der Waals surface area contributed by atoms with E-state index in [9.17, 15) is 24.3 Å². The number of carboxylic acid groups (broad SMARTS) is 1. The van der Waals surface area contributed by atoms with Crippen molar-refractivity contribution >= 4 is 23.9 Å². The number of unbranched alkanes of at least 4 members (excludes halogenated alkanes) is 1. The molecule has 1 atom stereocenters. The quantitative estimate of drug-likeness (QED) is 0.153. The van der Waals surface area contributed by atoms with Gasteiger partial charge in [0, 0.05) is 52.4 Å². The van der Waals surface area contributed by atoms with E-state index < -0.39 is 28.8 Å². The second-order valence-electron chi connectivity index (χ2n) is 16.8.